The van der Waals surface area contributed by atoms with E-state index in [4.69, 9.17) is 0 Å². The summed E-state index contributed by atoms with van der Waals surface area (Å²) in [5.74, 6) is -0.614. The highest BCUT2D eigenvalue weighted by Gasteiger charge is 2.15. The van der Waals surface area contributed by atoms with E-state index in [1.165, 1.54) is 29.4 Å². The number of hydrogen-bond donors (Lipinski definition) is 3. The lowest BCUT2D eigenvalue weighted by molar-refractivity contribution is -0.114. The Balaban J connectivity index is 1.22. The van der Waals surface area contributed by atoms with Crippen LogP contribution in [0.1, 0.15) is 44.3 Å². The molecular weight excluding hydrogens is 486 g/mol. The third kappa shape index (κ3) is 5.84. The number of carbonyl (C=O) groups excluding carboxylic acids is 3. The summed E-state index contributed by atoms with van der Waals surface area (Å²) in [5, 5.41) is 9.07. The molecule has 2 heterocycles. The predicted octanol–water partition coefficient (Wildman–Crippen LogP) is 4.42. The van der Waals surface area contributed by atoms with Crippen LogP contribution in [0.15, 0.2) is 60.7 Å². The number of nitrogens with zero attached hydrogens (tertiary/aromatic N) is 2. The van der Waals surface area contributed by atoms with Gasteiger partial charge in [-0.25, -0.2) is 4.98 Å². The van der Waals surface area contributed by atoms with Gasteiger partial charge in [0.15, 0.2) is 5.13 Å². The van der Waals surface area contributed by atoms with Crippen molar-refractivity contribution in [1.82, 2.24) is 15.2 Å². The van der Waals surface area contributed by atoms with Gasteiger partial charge in [-0.15, -0.1) is 0 Å². The van der Waals surface area contributed by atoms with E-state index in [2.05, 4.69) is 38.9 Å². The van der Waals surface area contributed by atoms with Crippen LogP contribution in [0, 0.1) is 0 Å². The van der Waals surface area contributed by atoms with Gasteiger partial charge in [0.05, 0.1) is 10.2 Å². The quantitative estimate of drug-likeness (QED) is 0.354. The van der Waals surface area contributed by atoms with Crippen molar-refractivity contribution in [2.45, 2.75) is 26.4 Å². The van der Waals surface area contributed by atoms with Gasteiger partial charge in [-0.3, -0.25) is 14.4 Å². The largest absolute Gasteiger partial charge is 0.348 e. The fourth-order valence-electron chi connectivity index (χ4n) is 4.36. The number of rotatable bonds is 6. The van der Waals surface area contributed by atoms with Gasteiger partial charge in [0, 0.05) is 43.4 Å². The fraction of sp³-hybridized carbons (Fsp3) is 0.214. The van der Waals surface area contributed by atoms with E-state index in [0.29, 0.717) is 16.3 Å². The van der Waals surface area contributed by atoms with Crippen molar-refractivity contribution in [3.63, 3.8) is 0 Å². The van der Waals surface area contributed by atoms with Gasteiger partial charge in [-0.1, -0.05) is 29.5 Å². The maximum atomic E-state index is 12.9. The molecule has 9 heteroatoms. The zero-order chi connectivity index (χ0) is 25.9. The molecule has 8 nitrogen and oxygen atoms in total. The van der Waals surface area contributed by atoms with E-state index < -0.39 is 0 Å². The van der Waals surface area contributed by atoms with Crippen LogP contribution < -0.4 is 16.0 Å². The number of hydrogen-bond acceptors (Lipinski definition) is 6. The second-order valence-electron chi connectivity index (χ2n) is 9.19. The molecule has 1 aliphatic rings. The van der Waals surface area contributed by atoms with Crippen LogP contribution in [0.2, 0.25) is 0 Å². The molecule has 0 unspecified atom stereocenters. The third-order valence-electron chi connectivity index (χ3n) is 6.24. The second-order valence-corrected chi connectivity index (χ2v) is 10.2. The molecular formula is C28H27N5O3S. The molecule has 37 heavy (non-hydrogen) atoms. The Hall–Kier alpha value is -4.08. The number of fused-ring (bicyclic) bond motifs is 2. The van der Waals surface area contributed by atoms with E-state index in [9.17, 15) is 14.4 Å². The molecule has 4 aromatic rings. The van der Waals surface area contributed by atoms with E-state index in [-0.39, 0.29) is 24.3 Å². The number of thiazole rings is 1. The fourth-order valence-corrected chi connectivity index (χ4v) is 5.31. The average Bonchev–Trinajstić information content (AvgIpc) is 3.28. The normalized spacial score (nSPS) is 13.1. The molecule has 0 radical (unpaired) electrons. The van der Waals surface area contributed by atoms with Crippen LogP contribution in [-0.4, -0.2) is 41.2 Å². The molecule has 188 valence electrons. The Labute approximate surface area is 218 Å². The smallest absolute Gasteiger partial charge is 0.255 e. The van der Waals surface area contributed by atoms with E-state index >= 15 is 0 Å². The second kappa shape index (κ2) is 10.5. The first-order valence-corrected chi connectivity index (χ1v) is 12.8. The van der Waals surface area contributed by atoms with Gasteiger partial charge < -0.3 is 20.9 Å². The minimum absolute atomic E-state index is 0.191. The number of anilines is 2. The first-order valence-electron chi connectivity index (χ1n) is 12.0. The summed E-state index contributed by atoms with van der Waals surface area (Å²) in [5.41, 5.74) is 5.91. The highest BCUT2D eigenvalue weighted by molar-refractivity contribution is 7.22. The van der Waals surface area contributed by atoms with Gasteiger partial charge in [0.2, 0.25) is 5.91 Å². The van der Waals surface area contributed by atoms with Crippen LogP contribution in [0.3, 0.4) is 0 Å². The Morgan fingerprint density at radius 2 is 1.78 bits per heavy atom. The summed E-state index contributed by atoms with van der Waals surface area (Å²) in [6.45, 7) is 3.63. The zero-order valence-corrected chi connectivity index (χ0v) is 21.4. The van der Waals surface area contributed by atoms with E-state index in [0.717, 1.165) is 41.0 Å². The summed E-state index contributed by atoms with van der Waals surface area (Å²) >= 11 is 1.32. The predicted molar refractivity (Wildman–Crippen MR) is 146 cm³/mol. The van der Waals surface area contributed by atoms with Crippen LogP contribution in [0.5, 0.6) is 0 Å². The van der Waals surface area contributed by atoms with Gasteiger partial charge in [-0.2, -0.15) is 0 Å². The van der Waals surface area contributed by atoms with Crippen LogP contribution in [0.25, 0.3) is 10.2 Å². The molecule has 0 fully saturated rings. The summed E-state index contributed by atoms with van der Waals surface area (Å²) < 4.78 is 0.809. The molecule has 0 saturated heterocycles. The Morgan fingerprint density at radius 3 is 2.62 bits per heavy atom. The van der Waals surface area contributed by atoms with Crippen LogP contribution >= 0.6 is 11.3 Å². The zero-order valence-electron chi connectivity index (χ0n) is 20.6. The number of aromatic nitrogens is 1. The third-order valence-corrected chi connectivity index (χ3v) is 7.18. The summed E-state index contributed by atoms with van der Waals surface area (Å²) in [6, 6.07) is 18.5. The minimum Gasteiger partial charge on any atom is -0.348 e. The monoisotopic (exact) mass is 513 g/mol. The molecule has 5 rings (SSSR count). The Kier molecular flexibility index (Phi) is 6.98. The van der Waals surface area contributed by atoms with Crippen molar-refractivity contribution in [1.29, 1.82) is 0 Å². The summed E-state index contributed by atoms with van der Waals surface area (Å²) in [6.07, 6.45) is 1.02. The van der Waals surface area contributed by atoms with E-state index in [1.54, 1.807) is 30.3 Å². The molecule has 1 aliphatic heterocycles. The minimum atomic E-state index is -0.231. The van der Waals surface area contributed by atoms with Crippen molar-refractivity contribution in [2.75, 3.05) is 24.2 Å². The van der Waals surface area contributed by atoms with Crippen molar-refractivity contribution in [3.05, 3.63) is 88.5 Å². The number of nitrogens with one attached hydrogen (secondary N) is 3. The molecule has 3 aromatic carbocycles. The highest BCUT2D eigenvalue weighted by Crippen LogP contribution is 2.27. The molecule has 3 amide bonds. The molecule has 3 N–H and O–H groups in total. The molecule has 1 aromatic heterocycles. The van der Waals surface area contributed by atoms with Crippen LogP contribution in [0.4, 0.5) is 10.8 Å². The maximum absolute atomic E-state index is 12.9. The lowest BCUT2D eigenvalue weighted by Crippen LogP contribution is -2.26. The lowest BCUT2D eigenvalue weighted by atomic mass is 9.99. The lowest BCUT2D eigenvalue weighted by Gasteiger charge is -2.25. The standard InChI is InChI=1S/C28H27N5O3S/c1-17(34)30-28-32-24-9-7-21(14-25(24)37-28)26(35)29-15-18-4-3-5-20(12-18)27(36)31-23-8-6-19-10-11-33(2)16-22(19)13-23/h3-9,12-14H,10-11,15-16H2,1-2H3,(H,29,35)(H,31,36)(H,30,32,34). The van der Waals surface area contributed by atoms with Gasteiger partial charge in [0.1, 0.15) is 0 Å². The van der Waals surface area contributed by atoms with Crippen LogP contribution in [-0.2, 0) is 24.3 Å². The van der Waals surface area contributed by atoms with Crippen molar-refractivity contribution >= 4 is 50.1 Å². The number of amides is 3. The van der Waals surface area contributed by atoms with Gasteiger partial charge in [0.25, 0.3) is 11.8 Å². The van der Waals surface area contributed by atoms with Gasteiger partial charge >= 0.3 is 0 Å². The average molecular weight is 514 g/mol. The SMILES string of the molecule is CC(=O)Nc1nc2ccc(C(=O)NCc3cccc(C(=O)Nc4ccc5c(c4)CN(C)CC5)c3)cc2s1. The number of carbonyl (C=O) groups is 3. The number of likely N-dealkylation sites (N-methyl/N-ethyl adjacent to an activating group) is 1. The summed E-state index contributed by atoms with van der Waals surface area (Å²) in [4.78, 5) is 43.6. The first-order chi connectivity index (χ1) is 17.8. The van der Waals surface area contributed by atoms with E-state index in [1.807, 2.05) is 24.3 Å². The summed E-state index contributed by atoms with van der Waals surface area (Å²) in [7, 11) is 2.10. The Morgan fingerprint density at radius 1 is 0.946 bits per heavy atom. The number of benzene rings is 3. The first kappa shape index (κ1) is 24.6. The maximum Gasteiger partial charge on any atom is 0.255 e. The Bertz CT molecular complexity index is 1510. The van der Waals surface area contributed by atoms with Crippen molar-refractivity contribution in [2.24, 2.45) is 0 Å². The topological polar surface area (TPSA) is 103 Å². The van der Waals surface area contributed by atoms with Crippen molar-refractivity contribution in [3.8, 4) is 0 Å². The van der Waals surface area contributed by atoms with Crippen molar-refractivity contribution < 1.29 is 14.4 Å². The molecule has 0 saturated carbocycles. The molecule has 0 aliphatic carbocycles. The molecule has 0 atom stereocenters. The molecule has 0 bridgehead atoms. The highest BCUT2D eigenvalue weighted by atomic mass is 32.1. The van der Waals surface area contributed by atoms with Gasteiger partial charge in [-0.05, 0) is 72.6 Å². The molecule has 0 spiro atoms.